The van der Waals surface area contributed by atoms with Crippen molar-refractivity contribution in [3.05, 3.63) is 40.1 Å². The standard InChI is InChI=1S/C22H27N3O4S3/c1-14-8-12-30-19(14)5-9-23-22(27)16-6-10-25(11-7-16)32(28,29)17-3-4-20-18(13-17)24-21(26)15(2)31-20/h3-4,8,12-13,15-16H,5-7,9-11H2,1-2H3,(H,23,27)(H,24,26)/t15-/m1/s1. The van der Waals surface area contributed by atoms with E-state index in [-0.39, 0.29) is 27.9 Å². The minimum Gasteiger partial charge on any atom is -0.355 e. The second kappa shape index (κ2) is 9.54. The van der Waals surface area contributed by atoms with Crippen molar-refractivity contribution in [3.63, 3.8) is 0 Å². The van der Waals surface area contributed by atoms with E-state index in [1.54, 1.807) is 23.5 Å². The van der Waals surface area contributed by atoms with Crippen molar-refractivity contribution in [1.82, 2.24) is 9.62 Å². The normalized spacial score (nSPS) is 19.9. The van der Waals surface area contributed by atoms with E-state index in [0.717, 1.165) is 11.3 Å². The Hall–Kier alpha value is -1.88. The summed E-state index contributed by atoms with van der Waals surface area (Å²) >= 11 is 3.12. The predicted octanol–water partition coefficient (Wildman–Crippen LogP) is 3.25. The molecule has 4 rings (SSSR count). The molecule has 1 fully saturated rings. The van der Waals surface area contributed by atoms with Crippen molar-refractivity contribution in [2.75, 3.05) is 25.0 Å². The van der Waals surface area contributed by atoms with Crippen LogP contribution in [0.4, 0.5) is 5.69 Å². The zero-order valence-electron chi connectivity index (χ0n) is 18.1. The Morgan fingerprint density at radius 1 is 1.25 bits per heavy atom. The molecule has 0 spiro atoms. The van der Waals surface area contributed by atoms with Gasteiger partial charge in [-0.2, -0.15) is 4.31 Å². The summed E-state index contributed by atoms with van der Waals surface area (Å²) in [4.78, 5) is 26.8. The fourth-order valence-corrected chi connectivity index (χ4v) is 7.30. The highest BCUT2D eigenvalue weighted by Gasteiger charge is 2.33. The van der Waals surface area contributed by atoms with Crippen LogP contribution >= 0.6 is 23.1 Å². The number of hydrogen-bond acceptors (Lipinski definition) is 6. The summed E-state index contributed by atoms with van der Waals surface area (Å²) in [5.74, 6) is -0.302. The molecule has 2 aromatic rings. The third kappa shape index (κ3) is 4.88. The number of aryl methyl sites for hydroxylation is 1. The molecule has 0 bridgehead atoms. The van der Waals surface area contributed by atoms with Gasteiger partial charge in [-0.05, 0) is 68.3 Å². The number of nitrogens with one attached hydrogen (secondary N) is 2. The lowest BCUT2D eigenvalue weighted by molar-refractivity contribution is -0.126. The van der Waals surface area contributed by atoms with Crippen molar-refractivity contribution in [1.29, 1.82) is 0 Å². The smallest absolute Gasteiger partial charge is 0.243 e. The van der Waals surface area contributed by atoms with E-state index in [1.807, 2.05) is 6.92 Å². The van der Waals surface area contributed by atoms with Crippen LogP contribution in [0, 0.1) is 12.8 Å². The first-order valence-corrected chi connectivity index (χ1v) is 13.9. The van der Waals surface area contributed by atoms with Gasteiger partial charge in [0.1, 0.15) is 0 Å². The number of rotatable bonds is 6. The van der Waals surface area contributed by atoms with E-state index in [9.17, 15) is 18.0 Å². The molecule has 7 nitrogen and oxygen atoms in total. The minimum atomic E-state index is -3.68. The molecule has 1 saturated heterocycles. The van der Waals surface area contributed by atoms with Gasteiger partial charge >= 0.3 is 0 Å². The third-order valence-corrected chi connectivity index (χ3v) is 10.1. The Labute approximate surface area is 197 Å². The van der Waals surface area contributed by atoms with Gasteiger partial charge in [-0.25, -0.2) is 8.42 Å². The van der Waals surface area contributed by atoms with Crippen molar-refractivity contribution in [2.24, 2.45) is 5.92 Å². The third-order valence-electron chi connectivity index (χ3n) is 5.96. The average Bonchev–Trinajstić information content (AvgIpc) is 3.19. The Kier molecular flexibility index (Phi) is 6.94. The molecule has 10 heteroatoms. The molecule has 0 saturated carbocycles. The van der Waals surface area contributed by atoms with Gasteiger partial charge in [-0.3, -0.25) is 9.59 Å². The number of anilines is 1. The van der Waals surface area contributed by atoms with Crippen molar-refractivity contribution >= 4 is 50.6 Å². The second-order valence-electron chi connectivity index (χ2n) is 8.15. The molecule has 3 heterocycles. The van der Waals surface area contributed by atoms with Crippen LogP contribution < -0.4 is 10.6 Å². The molecule has 2 N–H and O–H groups in total. The molecule has 0 aliphatic carbocycles. The number of fused-ring (bicyclic) bond motifs is 1. The number of sulfonamides is 1. The summed E-state index contributed by atoms with van der Waals surface area (Å²) in [6, 6.07) is 6.95. The highest BCUT2D eigenvalue weighted by Crippen LogP contribution is 2.37. The number of hydrogen-bond donors (Lipinski definition) is 2. The Morgan fingerprint density at radius 2 is 2.00 bits per heavy atom. The highest BCUT2D eigenvalue weighted by molar-refractivity contribution is 8.01. The molecule has 32 heavy (non-hydrogen) atoms. The van der Waals surface area contributed by atoms with Crippen molar-refractivity contribution in [3.8, 4) is 0 Å². The number of carbonyl (C=O) groups excluding carboxylic acids is 2. The number of nitrogens with zero attached hydrogens (tertiary/aromatic N) is 1. The van der Waals surface area contributed by atoms with Gasteiger partial charge in [0.15, 0.2) is 0 Å². The lowest BCUT2D eigenvalue weighted by atomic mass is 9.97. The molecule has 1 aromatic heterocycles. The van der Waals surface area contributed by atoms with Gasteiger partial charge in [0, 0.05) is 35.3 Å². The molecular formula is C22H27N3O4S3. The SMILES string of the molecule is Cc1ccsc1CCNC(=O)C1CCN(S(=O)(=O)c2ccc3c(c2)NC(=O)[C@@H](C)S3)CC1. The summed E-state index contributed by atoms with van der Waals surface area (Å²) in [6.07, 6.45) is 1.81. The largest absolute Gasteiger partial charge is 0.355 e. The van der Waals surface area contributed by atoms with E-state index in [4.69, 9.17) is 0 Å². The summed E-state index contributed by atoms with van der Waals surface area (Å²) in [7, 11) is -3.68. The van der Waals surface area contributed by atoms with Gasteiger partial charge in [-0.15, -0.1) is 23.1 Å². The zero-order chi connectivity index (χ0) is 22.9. The van der Waals surface area contributed by atoms with E-state index in [1.165, 1.54) is 32.6 Å². The van der Waals surface area contributed by atoms with E-state index in [0.29, 0.717) is 38.2 Å². The first kappa shape index (κ1) is 23.3. The van der Waals surface area contributed by atoms with E-state index >= 15 is 0 Å². The number of piperidine rings is 1. The Bertz CT molecular complexity index is 1120. The van der Waals surface area contributed by atoms with Crippen LogP contribution in [0.2, 0.25) is 0 Å². The fourth-order valence-electron chi connectivity index (χ4n) is 3.96. The van der Waals surface area contributed by atoms with E-state index < -0.39 is 10.0 Å². The van der Waals surface area contributed by atoms with Gasteiger partial charge in [0.2, 0.25) is 21.8 Å². The maximum Gasteiger partial charge on any atom is 0.243 e. The van der Waals surface area contributed by atoms with Gasteiger partial charge in [-0.1, -0.05) is 0 Å². The summed E-state index contributed by atoms with van der Waals surface area (Å²) < 4.78 is 27.7. The second-order valence-corrected chi connectivity index (χ2v) is 12.5. The molecule has 2 amide bonds. The van der Waals surface area contributed by atoms with Crippen molar-refractivity contribution < 1.29 is 18.0 Å². The van der Waals surface area contributed by atoms with Crippen LogP contribution in [0.5, 0.6) is 0 Å². The maximum absolute atomic E-state index is 13.1. The zero-order valence-corrected chi connectivity index (χ0v) is 20.5. The van der Waals surface area contributed by atoms with Crippen LogP contribution in [0.1, 0.15) is 30.2 Å². The van der Waals surface area contributed by atoms with Crippen LogP contribution in [-0.4, -0.2) is 49.4 Å². The predicted molar refractivity (Wildman–Crippen MR) is 128 cm³/mol. The van der Waals surface area contributed by atoms with Crippen LogP contribution in [0.15, 0.2) is 39.4 Å². The lowest BCUT2D eigenvalue weighted by Crippen LogP contribution is -2.43. The Balaban J connectivity index is 1.33. The molecular weight excluding hydrogens is 466 g/mol. The molecule has 1 aromatic carbocycles. The summed E-state index contributed by atoms with van der Waals surface area (Å²) in [5.41, 5.74) is 1.78. The van der Waals surface area contributed by atoms with Gasteiger partial charge in [0.05, 0.1) is 15.8 Å². The van der Waals surface area contributed by atoms with Gasteiger partial charge < -0.3 is 10.6 Å². The number of carbonyl (C=O) groups is 2. The summed E-state index contributed by atoms with van der Waals surface area (Å²) in [5, 5.41) is 7.64. The molecule has 0 unspecified atom stereocenters. The molecule has 2 aliphatic heterocycles. The van der Waals surface area contributed by atoms with Crippen LogP contribution in [0.3, 0.4) is 0 Å². The van der Waals surface area contributed by atoms with Crippen molar-refractivity contribution in [2.45, 2.75) is 48.2 Å². The molecule has 2 aliphatic rings. The topological polar surface area (TPSA) is 95.6 Å². The van der Waals surface area contributed by atoms with Crippen LogP contribution in [-0.2, 0) is 26.0 Å². The summed E-state index contributed by atoms with van der Waals surface area (Å²) in [6.45, 7) is 5.09. The quantitative estimate of drug-likeness (QED) is 0.644. The average molecular weight is 494 g/mol. The molecule has 0 radical (unpaired) electrons. The molecule has 172 valence electrons. The molecule has 1 atom stereocenters. The first-order valence-electron chi connectivity index (χ1n) is 10.7. The first-order chi connectivity index (χ1) is 15.3. The number of thioether (sulfide) groups is 1. The lowest BCUT2D eigenvalue weighted by Gasteiger charge is -2.31. The Morgan fingerprint density at radius 3 is 2.69 bits per heavy atom. The van der Waals surface area contributed by atoms with E-state index in [2.05, 4.69) is 29.0 Å². The minimum absolute atomic E-state index is 0.00102. The number of benzene rings is 1. The number of thiophene rings is 1. The number of amides is 2. The monoisotopic (exact) mass is 493 g/mol. The van der Waals surface area contributed by atoms with Gasteiger partial charge in [0.25, 0.3) is 0 Å². The fraction of sp³-hybridized carbons (Fsp3) is 0.455. The van der Waals surface area contributed by atoms with Crippen LogP contribution in [0.25, 0.3) is 0 Å². The highest BCUT2D eigenvalue weighted by atomic mass is 32.2. The maximum atomic E-state index is 13.1.